The molecule has 0 aromatic heterocycles. The molecule has 0 saturated heterocycles. The van der Waals surface area contributed by atoms with Crippen molar-refractivity contribution in [2.24, 2.45) is 0 Å². The van der Waals surface area contributed by atoms with E-state index in [-0.39, 0.29) is 0 Å². The average molecular weight is 266 g/mol. The molecule has 1 aliphatic rings. The Morgan fingerprint density at radius 2 is 1.11 bits per heavy atom. The van der Waals surface area contributed by atoms with Crippen LogP contribution in [0.2, 0.25) is 0 Å². The predicted molar refractivity (Wildman–Crippen MR) is 84.9 cm³/mol. The fourth-order valence-electron chi connectivity index (χ4n) is 2.75. The van der Waals surface area contributed by atoms with Gasteiger partial charge in [0.25, 0.3) is 0 Å². The summed E-state index contributed by atoms with van der Waals surface area (Å²) in [6.45, 7) is 9.35. The molecule has 2 heteroatoms. The van der Waals surface area contributed by atoms with Gasteiger partial charge >= 0.3 is 0 Å². The molecule has 0 N–H and O–H groups in total. The first-order valence-corrected chi connectivity index (χ1v) is 8.49. The molecule has 2 nitrogen and oxygen atoms in total. The highest BCUT2D eigenvalue weighted by atomic mass is 15.4. The molecule has 1 rings (SSSR count). The maximum absolute atomic E-state index is 2.51. The van der Waals surface area contributed by atoms with Gasteiger partial charge < -0.3 is 9.80 Å². The topological polar surface area (TPSA) is 6.48 Å². The molecule has 1 unspecified atom stereocenters. The van der Waals surface area contributed by atoms with Crippen LogP contribution >= 0.6 is 0 Å². The molecule has 0 amide bonds. The van der Waals surface area contributed by atoms with Crippen LogP contribution in [0.4, 0.5) is 0 Å². The van der Waals surface area contributed by atoms with E-state index in [2.05, 4.69) is 43.0 Å². The van der Waals surface area contributed by atoms with E-state index in [1.165, 1.54) is 70.9 Å². The highest BCUT2D eigenvalue weighted by Gasteiger charge is 2.20. The maximum atomic E-state index is 2.51. The van der Waals surface area contributed by atoms with Crippen molar-refractivity contribution in [3.8, 4) is 0 Å². The second-order valence-corrected chi connectivity index (χ2v) is 5.88. The van der Waals surface area contributed by atoms with Gasteiger partial charge in [-0.25, -0.2) is 0 Å². The molecule has 0 aromatic carbocycles. The Balaban J connectivity index is 2.09. The zero-order chi connectivity index (χ0) is 13.9. The van der Waals surface area contributed by atoms with Crippen LogP contribution in [0.1, 0.15) is 78.6 Å². The Morgan fingerprint density at radius 3 is 1.58 bits per heavy atom. The van der Waals surface area contributed by atoms with Crippen LogP contribution in [-0.2, 0) is 0 Å². The Morgan fingerprint density at radius 1 is 0.684 bits per heavy atom. The van der Waals surface area contributed by atoms with Crippen LogP contribution in [0.15, 0.2) is 12.4 Å². The Labute approximate surface area is 120 Å². The molecule has 1 atom stereocenters. The van der Waals surface area contributed by atoms with E-state index >= 15 is 0 Å². The average Bonchev–Trinajstić information content (AvgIpc) is 2.76. The van der Waals surface area contributed by atoms with Gasteiger partial charge in [0.2, 0.25) is 0 Å². The first kappa shape index (κ1) is 16.4. The molecule has 112 valence electrons. The smallest absolute Gasteiger partial charge is 0.0977 e. The minimum atomic E-state index is 0.577. The number of rotatable bonds is 11. The molecule has 0 radical (unpaired) electrons. The van der Waals surface area contributed by atoms with Gasteiger partial charge in [-0.2, -0.15) is 0 Å². The van der Waals surface area contributed by atoms with Crippen molar-refractivity contribution in [2.45, 2.75) is 84.7 Å². The van der Waals surface area contributed by atoms with Crippen molar-refractivity contribution >= 4 is 0 Å². The number of nitrogens with zero attached hydrogens (tertiary/aromatic N) is 2. The highest BCUT2D eigenvalue weighted by molar-refractivity contribution is 4.95. The third-order valence-corrected chi connectivity index (χ3v) is 4.20. The summed E-state index contributed by atoms with van der Waals surface area (Å²) in [7, 11) is 0. The van der Waals surface area contributed by atoms with E-state index in [4.69, 9.17) is 0 Å². The Bertz CT molecular complexity index is 237. The molecule has 0 aromatic rings. The standard InChI is InChI=1S/C17H34N2/c1-4-6-8-10-12-14-19-16-15-18(17(19)3)13-11-9-7-5-2/h15-17H,4-14H2,1-3H3. The highest BCUT2D eigenvalue weighted by Crippen LogP contribution is 2.17. The zero-order valence-corrected chi connectivity index (χ0v) is 13.4. The summed E-state index contributed by atoms with van der Waals surface area (Å²) in [6, 6.07) is 0. The second-order valence-electron chi connectivity index (χ2n) is 5.88. The van der Waals surface area contributed by atoms with Crippen LogP contribution < -0.4 is 0 Å². The molecule has 0 aliphatic carbocycles. The lowest BCUT2D eigenvalue weighted by molar-refractivity contribution is 0.165. The van der Waals surface area contributed by atoms with Gasteiger partial charge in [-0.1, -0.05) is 58.8 Å². The second kappa shape index (κ2) is 10.2. The molecule has 1 aliphatic heterocycles. The summed E-state index contributed by atoms with van der Waals surface area (Å²) in [5, 5.41) is 0. The molecular weight excluding hydrogens is 232 g/mol. The van der Waals surface area contributed by atoms with Gasteiger partial charge in [0.15, 0.2) is 0 Å². The summed E-state index contributed by atoms with van der Waals surface area (Å²) < 4.78 is 0. The first-order chi connectivity index (χ1) is 9.29. The van der Waals surface area contributed by atoms with Crippen molar-refractivity contribution in [3.05, 3.63) is 12.4 Å². The third kappa shape index (κ3) is 6.35. The van der Waals surface area contributed by atoms with Crippen LogP contribution in [0.3, 0.4) is 0 Å². The minimum Gasteiger partial charge on any atom is -0.356 e. The van der Waals surface area contributed by atoms with Crippen molar-refractivity contribution in [3.63, 3.8) is 0 Å². The summed E-state index contributed by atoms with van der Waals surface area (Å²) >= 11 is 0. The summed E-state index contributed by atoms with van der Waals surface area (Å²) in [4.78, 5) is 5.01. The van der Waals surface area contributed by atoms with E-state index in [0.717, 1.165) is 0 Å². The fraction of sp³-hybridized carbons (Fsp3) is 0.882. The van der Waals surface area contributed by atoms with E-state index in [0.29, 0.717) is 6.17 Å². The van der Waals surface area contributed by atoms with Gasteiger partial charge in [-0.05, 0) is 19.8 Å². The lowest BCUT2D eigenvalue weighted by Gasteiger charge is -2.29. The Hall–Kier alpha value is -0.660. The fourth-order valence-corrected chi connectivity index (χ4v) is 2.75. The number of unbranched alkanes of at least 4 members (excludes halogenated alkanes) is 7. The van der Waals surface area contributed by atoms with Crippen LogP contribution in [0, 0.1) is 0 Å². The zero-order valence-electron chi connectivity index (χ0n) is 13.4. The molecule has 19 heavy (non-hydrogen) atoms. The van der Waals surface area contributed by atoms with Crippen molar-refractivity contribution in [1.82, 2.24) is 9.80 Å². The van der Waals surface area contributed by atoms with E-state index in [1.807, 2.05) is 0 Å². The van der Waals surface area contributed by atoms with Gasteiger partial charge in [-0.15, -0.1) is 0 Å². The van der Waals surface area contributed by atoms with Gasteiger partial charge in [0.1, 0.15) is 0 Å². The molecular formula is C17H34N2. The minimum absolute atomic E-state index is 0.577. The number of hydrogen-bond donors (Lipinski definition) is 0. The van der Waals surface area contributed by atoms with E-state index in [1.54, 1.807) is 0 Å². The van der Waals surface area contributed by atoms with Crippen LogP contribution in [0.25, 0.3) is 0 Å². The monoisotopic (exact) mass is 266 g/mol. The third-order valence-electron chi connectivity index (χ3n) is 4.20. The maximum Gasteiger partial charge on any atom is 0.0977 e. The largest absolute Gasteiger partial charge is 0.356 e. The summed E-state index contributed by atoms with van der Waals surface area (Å²) in [5.41, 5.74) is 0. The summed E-state index contributed by atoms with van der Waals surface area (Å²) in [5.74, 6) is 0. The van der Waals surface area contributed by atoms with Gasteiger partial charge in [-0.3, -0.25) is 0 Å². The quantitative estimate of drug-likeness (QED) is 0.487. The summed E-state index contributed by atoms with van der Waals surface area (Å²) in [6.07, 6.45) is 17.5. The Kier molecular flexibility index (Phi) is 8.77. The van der Waals surface area contributed by atoms with Gasteiger partial charge in [0, 0.05) is 25.5 Å². The van der Waals surface area contributed by atoms with Crippen molar-refractivity contribution in [1.29, 1.82) is 0 Å². The SMILES string of the molecule is CCCCCCCN1C=CN(CCCCCC)C1C. The molecule has 0 saturated carbocycles. The molecule has 1 heterocycles. The van der Waals surface area contributed by atoms with E-state index in [9.17, 15) is 0 Å². The molecule has 0 spiro atoms. The van der Waals surface area contributed by atoms with Crippen LogP contribution in [0.5, 0.6) is 0 Å². The van der Waals surface area contributed by atoms with Crippen molar-refractivity contribution < 1.29 is 0 Å². The first-order valence-electron chi connectivity index (χ1n) is 8.49. The number of hydrogen-bond acceptors (Lipinski definition) is 2. The van der Waals surface area contributed by atoms with Gasteiger partial charge in [0.05, 0.1) is 6.17 Å². The lowest BCUT2D eigenvalue weighted by atomic mass is 10.1. The van der Waals surface area contributed by atoms with E-state index < -0.39 is 0 Å². The predicted octanol–water partition coefficient (Wildman–Crippen LogP) is 4.97. The molecule has 0 fully saturated rings. The molecule has 0 bridgehead atoms. The lowest BCUT2D eigenvalue weighted by Crippen LogP contribution is -2.36. The normalized spacial score (nSPS) is 18.6. The van der Waals surface area contributed by atoms with Crippen LogP contribution in [-0.4, -0.2) is 29.1 Å². The van der Waals surface area contributed by atoms with Crippen molar-refractivity contribution in [2.75, 3.05) is 13.1 Å².